The minimum absolute atomic E-state index is 0.0939. The van der Waals surface area contributed by atoms with Gasteiger partial charge in [-0.3, -0.25) is 9.69 Å². The standard InChI is InChI=1S/C25H29N3O2/c1-18-7-6-14-28(16-18)17-20-10-12-22(13-11-20)26-24(29)15-23-19(2)30-25(27-23)21-8-4-3-5-9-21/h3-5,8-13,18H,6-7,14-17H2,1-2H3,(H,26,29). The lowest BCUT2D eigenvalue weighted by molar-refractivity contribution is -0.115. The van der Waals surface area contributed by atoms with Gasteiger partial charge in [-0.05, 0) is 62.1 Å². The van der Waals surface area contributed by atoms with Gasteiger partial charge in [-0.1, -0.05) is 37.3 Å². The summed E-state index contributed by atoms with van der Waals surface area (Å²) in [5.41, 5.74) is 3.66. The maximum absolute atomic E-state index is 12.5. The van der Waals surface area contributed by atoms with Crippen molar-refractivity contribution in [1.82, 2.24) is 9.88 Å². The number of nitrogens with zero attached hydrogens (tertiary/aromatic N) is 2. The van der Waals surface area contributed by atoms with Crippen LogP contribution in [0.2, 0.25) is 0 Å². The van der Waals surface area contributed by atoms with Crippen molar-refractivity contribution in [3.05, 3.63) is 71.6 Å². The molecule has 0 aliphatic carbocycles. The Balaban J connectivity index is 1.33. The quantitative estimate of drug-likeness (QED) is 0.625. The zero-order valence-corrected chi connectivity index (χ0v) is 17.7. The molecule has 0 radical (unpaired) electrons. The van der Waals surface area contributed by atoms with Gasteiger partial charge in [-0.2, -0.15) is 0 Å². The Bertz CT molecular complexity index is 979. The van der Waals surface area contributed by atoms with Crippen molar-refractivity contribution in [3.63, 3.8) is 0 Å². The molecule has 1 unspecified atom stereocenters. The van der Waals surface area contributed by atoms with E-state index in [0.29, 0.717) is 17.3 Å². The number of carbonyl (C=O) groups excluding carboxylic acids is 1. The number of nitrogens with one attached hydrogen (secondary N) is 1. The molecular weight excluding hydrogens is 374 g/mol. The fourth-order valence-electron chi connectivity index (χ4n) is 4.04. The Morgan fingerprint density at radius 1 is 1.17 bits per heavy atom. The molecular formula is C25H29N3O2. The van der Waals surface area contributed by atoms with E-state index in [1.54, 1.807) is 0 Å². The summed E-state index contributed by atoms with van der Waals surface area (Å²) < 4.78 is 5.75. The average molecular weight is 404 g/mol. The van der Waals surface area contributed by atoms with Crippen LogP contribution >= 0.6 is 0 Å². The molecule has 1 aliphatic rings. The van der Waals surface area contributed by atoms with Gasteiger partial charge in [0.2, 0.25) is 11.8 Å². The summed E-state index contributed by atoms with van der Waals surface area (Å²) in [5, 5.41) is 2.97. The minimum Gasteiger partial charge on any atom is -0.441 e. The third-order valence-corrected chi connectivity index (χ3v) is 5.63. The first kappa shape index (κ1) is 20.4. The molecule has 4 rings (SSSR count). The average Bonchev–Trinajstić information content (AvgIpc) is 3.10. The molecule has 0 saturated carbocycles. The van der Waals surface area contributed by atoms with E-state index in [1.165, 1.54) is 31.5 Å². The predicted octanol–water partition coefficient (Wildman–Crippen LogP) is 5.06. The molecule has 5 nitrogen and oxygen atoms in total. The third kappa shape index (κ3) is 5.16. The van der Waals surface area contributed by atoms with Crippen LogP contribution in [0.5, 0.6) is 0 Å². The smallest absolute Gasteiger partial charge is 0.230 e. The highest BCUT2D eigenvalue weighted by Crippen LogP contribution is 2.22. The van der Waals surface area contributed by atoms with E-state index >= 15 is 0 Å². The Hall–Kier alpha value is -2.92. The van der Waals surface area contributed by atoms with Crippen LogP contribution in [-0.2, 0) is 17.8 Å². The van der Waals surface area contributed by atoms with Crippen molar-refractivity contribution < 1.29 is 9.21 Å². The van der Waals surface area contributed by atoms with Gasteiger partial charge in [-0.15, -0.1) is 0 Å². The third-order valence-electron chi connectivity index (χ3n) is 5.63. The van der Waals surface area contributed by atoms with Gasteiger partial charge in [0, 0.05) is 24.3 Å². The first-order valence-corrected chi connectivity index (χ1v) is 10.7. The number of hydrogen-bond acceptors (Lipinski definition) is 4. The number of oxazole rings is 1. The molecule has 0 spiro atoms. The molecule has 1 N–H and O–H groups in total. The molecule has 1 aliphatic heterocycles. The molecule has 30 heavy (non-hydrogen) atoms. The number of rotatable bonds is 6. The van der Waals surface area contributed by atoms with Gasteiger partial charge >= 0.3 is 0 Å². The zero-order valence-electron chi connectivity index (χ0n) is 17.7. The van der Waals surface area contributed by atoms with Crippen LogP contribution in [0.15, 0.2) is 59.0 Å². The van der Waals surface area contributed by atoms with E-state index < -0.39 is 0 Å². The van der Waals surface area contributed by atoms with Crippen molar-refractivity contribution in [2.24, 2.45) is 5.92 Å². The minimum atomic E-state index is -0.0939. The number of anilines is 1. The monoisotopic (exact) mass is 403 g/mol. The largest absolute Gasteiger partial charge is 0.441 e. The number of benzene rings is 2. The van der Waals surface area contributed by atoms with Crippen molar-refractivity contribution >= 4 is 11.6 Å². The molecule has 5 heteroatoms. The van der Waals surface area contributed by atoms with Crippen LogP contribution in [0.25, 0.3) is 11.5 Å². The summed E-state index contributed by atoms with van der Waals surface area (Å²) in [4.78, 5) is 19.5. The molecule has 1 fully saturated rings. The molecule has 1 amide bonds. The van der Waals surface area contributed by atoms with E-state index in [2.05, 4.69) is 34.3 Å². The summed E-state index contributed by atoms with van der Waals surface area (Å²) >= 11 is 0. The second-order valence-electron chi connectivity index (χ2n) is 8.29. The Labute approximate surface area is 178 Å². The molecule has 1 aromatic heterocycles. The second kappa shape index (κ2) is 9.26. The second-order valence-corrected chi connectivity index (χ2v) is 8.29. The van der Waals surface area contributed by atoms with Gasteiger partial charge in [0.15, 0.2) is 0 Å². The normalized spacial score (nSPS) is 17.1. The maximum atomic E-state index is 12.5. The highest BCUT2D eigenvalue weighted by atomic mass is 16.4. The fourth-order valence-corrected chi connectivity index (χ4v) is 4.04. The summed E-state index contributed by atoms with van der Waals surface area (Å²) in [5.74, 6) is 1.91. The number of hydrogen-bond donors (Lipinski definition) is 1. The van der Waals surface area contributed by atoms with Crippen molar-refractivity contribution in [2.45, 2.75) is 39.7 Å². The highest BCUT2D eigenvalue weighted by molar-refractivity contribution is 5.92. The summed E-state index contributed by atoms with van der Waals surface area (Å²) in [7, 11) is 0. The van der Waals surface area contributed by atoms with Gasteiger partial charge in [0.25, 0.3) is 0 Å². The Morgan fingerprint density at radius 3 is 2.67 bits per heavy atom. The molecule has 1 saturated heterocycles. The van der Waals surface area contributed by atoms with Crippen molar-refractivity contribution in [1.29, 1.82) is 0 Å². The van der Waals surface area contributed by atoms with Gasteiger partial charge in [0.05, 0.1) is 12.1 Å². The highest BCUT2D eigenvalue weighted by Gasteiger charge is 2.17. The van der Waals surface area contributed by atoms with Crippen LogP contribution in [0.1, 0.15) is 36.8 Å². The lowest BCUT2D eigenvalue weighted by atomic mass is 10.00. The van der Waals surface area contributed by atoms with Crippen LogP contribution in [-0.4, -0.2) is 28.9 Å². The van der Waals surface area contributed by atoms with Gasteiger partial charge in [-0.25, -0.2) is 4.98 Å². The number of aryl methyl sites for hydroxylation is 1. The van der Waals surface area contributed by atoms with E-state index in [0.717, 1.165) is 23.7 Å². The van der Waals surface area contributed by atoms with Gasteiger partial charge < -0.3 is 9.73 Å². The lowest BCUT2D eigenvalue weighted by Gasteiger charge is -2.30. The summed E-state index contributed by atoms with van der Waals surface area (Å²) in [6.07, 6.45) is 2.80. The summed E-state index contributed by atoms with van der Waals surface area (Å²) in [6.45, 7) is 7.48. The molecule has 2 aromatic carbocycles. The predicted molar refractivity (Wildman–Crippen MR) is 119 cm³/mol. The Kier molecular flexibility index (Phi) is 6.29. The first-order valence-electron chi connectivity index (χ1n) is 10.7. The zero-order chi connectivity index (χ0) is 20.9. The SMILES string of the molecule is Cc1oc(-c2ccccc2)nc1CC(=O)Nc1ccc(CN2CCCC(C)C2)cc1. The van der Waals surface area contributed by atoms with Crippen LogP contribution in [0.3, 0.4) is 0 Å². The number of piperidine rings is 1. The molecule has 156 valence electrons. The van der Waals surface area contributed by atoms with E-state index in [-0.39, 0.29) is 12.3 Å². The number of likely N-dealkylation sites (tertiary alicyclic amines) is 1. The molecule has 3 aromatic rings. The van der Waals surface area contributed by atoms with E-state index in [1.807, 2.05) is 49.4 Å². The van der Waals surface area contributed by atoms with Crippen molar-refractivity contribution in [2.75, 3.05) is 18.4 Å². The Morgan fingerprint density at radius 2 is 1.93 bits per heavy atom. The van der Waals surface area contributed by atoms with Crippen LogP contribution in [0, 0.1) is 12.8 Å². The summed E-state index contributed by atoms with van der Waals surface area (Å²) in [6, 6.07) is 17.9. The molecule has 0 bridgehead atoms. The van der Waals surface area contributed by atoms with Crippen LogP contribution in [0.4, 0.5) is 5.69 Å². The fraction of sp³-hybridized carbons (Fsp3) is 0.360. The van der Waals surface area contributed by atoms with E-state index in [9.17, 15) is 4.79 Å². The first-order chi connectivity index (χ1) is 14.6. The number of carbonyl (C=O) groups is 1. The number of amides is 1. The lowest BCUT2D eigenvalue weighted by Crippen LogP contribution is -2.33. The topological polar surface area (TPSA) is 58.4 Å². The molecule has 2 heterocycles. The van der Waals surface area contributed by atoms with Gasteiger partial charge in [0.1, 0.15) is 5.76 Å². The van der Waals surface area contributed by atoms with Crippen LogP contribution < -0.4 is 5.32 Å². The maximum Gasteiger partial charge on any atom is 0.230 e. The van der Waals surface area contributed by atoms with Crippen molar-refractivity contribution in [3.8, 4) is 11.5 Å². The number of aromatic nitrogens is 1. The van der Waals surface area contributed by atoms with E-state index in [4.69, 9.17) is 4.42 Å². The molecule has 1 atom stereocenters.